The fourth-order valence-electron chi connectivity index (χ4n) is 3.94. The van der Waals surface area contributed by atoms with Gasteiger partial charge >= 0.3 is 5.69 Å². The van der Waals surface area contributed by atoms with Gasteiger partial charge in [-0.2, -0.15) is 5.26 Å². The van der Waals surface area contributed by atoms with Gasteiger partial charge in [-0.3, -0.25) is 9.55 Å². The van der Waals surface area contributed by atoms with Crippen LogP contribution in [-0.2, 0) is 13.1 Å². The van der Waals surface area contributed by atoms with E-state index in [0.29, 0.717) is 29.7 Å². The summed E-state index contributed by atoms with van der Waals surface area (Å²) in [6.45, 7) is 1.06. The average molecular weight is 449 g/mol. The van der Waals surface area contributed by atoms with Gasteiger partial charge in [-0.05, 0) is 36.8 Å². The quantitative estimate of drug-likeness (QED) is 0.355. The van der Waals surface area contributed by atoms with Crippen LogP contribution in [0.2, 0.25) is 5.02 Å². The first kappa shape index (κ1) is 19.5. The molecule has 31 heavy (non-hydrogen) atoms. The summed E-state index contributed by atoms with van der Waals surface area (Å²) in [5.41, 5.74) is 3.36. The Morgan fingerprint density at radius 3 is 2.81 bits per heavy atom. The van der Waals surface area contributed by atoms with Crippen LogP contribution in [0, 0.1) is 11.3 Å². The molecule has 5 aromatic rings. The molecule has 0 saturated carbocycles. The van der Waals surface area contributed by atoms with Crippen LogP contribution in [0.1, 0.15) is 18.5 Å². The van der Waals surface area contributed by atoms with Crippen molar-refractivity contribution in [2.24, 2.45) is 0 Å². The number of aryl methyl sites for hydroxylation is 1. The molecule has 0 unspecified atom stereocenters. The summed E-state index contributed by atoms with van der Waals surface area (Å²) in [4.78, 5) is 22.0. The number of hydrogen-bond donors (Lipinski definition) is 0. The topological polar surface area (TPSA) is 81.4 Å². The maximum atomic E-state index is 13.4. The molecule has 0 bridgehead atoms. The second kappa shape index (κ2) is 8.02. The molecule has 0 fully saturated rings. The lowest BCUT2D eigenvalue weighted by Gasteiger charge is -2.11. The standard InChI is InChI=1S/C22H17ClN6OS/c23-16-3-4-18-15(11-16)12-17(27(18)9-2-1-6-24)14-28-20-13-25-7-5-19(20)29(22(28)30)21-26-8-10-31-21/h3-5,7-8,10-13H,1-2,9,14H2. The molecule has 154 valence electrons. The number of benzene rings is 1. The second-order valence-corrected chi connectivity index (χ2v) is 8.44. The zero-order valence-corrected chi connectivity index (χ0v) is 18.0. The molecule has 0 radical (unpaired) electrons. The summed E-state index contributed by atoms with van der Waals surface area (Å²) < 4.78 is 5.51. The van der Waals surface area contributed by atoms with Crippen LogP contribution in [0.4, 0.5) is 0 Å². The maximum absolute atomic E-state index is 13.4. The van der Waals surface area contributed by atoms with E-state index >= 15 is 0 Å². The molecule has 5 rings (SSSR count). The monoisotopic (exact) mass is 448 g/mol. The van der Waals surface area contributed by atoms with Gasteiger partial charge in [0.2, 0.25) is 0 Å². The highest BCUT2D eigenvalue weighted by Gasteiger charge is 2.18. The van der Waals surface area contributed by atoms with Gasteiger partial charge in [-0.1, -0.05) is 11.6 Å². The summed E-state index contributed by atoms with van der Waals surface area (Å²) in [5, 5.41) is 13.1. The summed E-state index contributed by atoms with van der Waals surface area (Å²) in [7, 11) is 0. The van der Waals surface area contributed by atoms with Gasteiger partial charge in [0.05, 0.1) is 29.8 Å². The van der Waals surface area contributed by atoms with Gasteiger partial charge in [0, 0.05) is 52.4 Å². The molecule has 7 nitrogen and oxygen atoms in total. The molecule has 0 aliphatic carbocycles. The Morgan fingerprint density at radius 2 is 2.00 bits per heavy atom. The molecule has 4 heterocycles. The summed E-state index contributed by atoms with van der Waals surface area (Å²) >= 11 is 7.62. The summed E-state index contributed by atoms with van der Waals surface area (Å²) in [5.74, 6) is 0. The Morgan fingerprint density at radius 1 is 1.10 bits per heavy atom. The SMILES string of the molecule is N#CCCCn1c(Cn2c(=O)n(-c3nccs3)c3ccncc32)cc2cc(Cl)ccc21. The number of unbranched alkanes of at least 4 members (excludes halogenated alkanes) is 1. The third-order valence-corrected chi connectivity index (χ3v) is 6.27. The van der Waals surface area contributed by atoms with Crippen molar-refractivity contribution in [3.63, 3.8) is 0 Å². The van der Waals surface area contributed by atoms with Crippen LogP contribution in [0.5, 0.6) is 0 Å². The highest BCUT2D eigenvalue weighted by atomic mass is 35.5. The molecular weight excluding hydrogens is 432 g/mol. The van der Waals surface area contributed by atoms with E-state index in [-0.39, 0.29) is 5.69 Å². The summed E-state index contributed by atoms with van der Waals surface area (Å²) in [6, 6.07) is 11.9. The molecule has 4 aromatic heterocycles. The Balaban J connectivity index is 1.67. The van der Waals surface area contributed by atoms with Crippen LogP contribution in [0.3, 0.4) is 0 Å². The Kier molecular flexibility index (Phi) is 5.06. The van der Waals surface area contributed by atoms with Crippen LogP contribution < -0.4 is 5.69 Å². The van der Waals surface area contributed by atoms with Gasteiger partial charge in [0.15, 0.2) is 5.13 Å². The zero-order valence-electron chi connectivity index (χ0n) is 16.4. The first-order valence-electron chi connectivity index (χ1n) is 9.77. The highest BCUT2D eigenvalue weighted by molar-refractivity contribution is 7.12. The van der Waals surface area contributed by atoms with Crippen molar-refractivity contribution in [3.8, 4) is 11.2 Å². The number of halogens is 1. The molecule has 0 amide bonds. The van der Waals surface area contributed by atoms with Crippen molar-refractivity contribution in [2.45, 2.75) is 25.9 Å². The lowest BCUT2D eigenvalue weighted by atomic mass is 10.2. The molecular formula is C22H17ClN6OS. The highest BCUT2D eigenvalue weighted by Crippen LogP contribution is 2.26. The van der Waals surface area contributed by atoms with Crippen molar-refractivity contribution in [1.29, 1.82) is 5.26 Å². The van der Waals surface area contributed by atoms with E-state index in [1.165, 1.54) is 11.3 Å². The third-order valence-electron chi connectivity index (χ3n) is 5.28. The maximum Gasteiger partial charge on any atom is 0.335 e. The van der Waals surface area contributed by atoms with E-state index in [1.807, 2.05) is 29.6 Å². The first-order valence-corrected chi connectivity index (χ1v) is 11.0. The number of aromatic nitrogens is 5. The summed E-state index contributed by atoms with van der Waals surface area (Å²) in [6.07, 6.45) is 6.28. The number of imidazole rings is 1. The molecule has 0 atom stereocenters. The number of thiazole rings is 1. The number of rotatable bonds is 6. The molecule has 1 aromatic carbocycles. The molecule has 0 spiro atoms. The number of pyridine rings is 1. The number of hydrogen-bond acceptors (Lipinski definition) is 5. The number of fused-ring (bicyclic) bond motifs is 2. The predicted octanol–water partition coefficient (Wildman–Crippen LogP) is 4.60. The van der Waals surface area contributed by atoms with E-state index in [0.717, 1.165) is 34.1 Å². The minimum Gasteiger partial charge on any atom is -0.343 e. The molecule has 0 saturated heterocycles. The van der Waals surface area contributed by atoms with Crippen molar-refractivity contribution in [3.05, 3.63) is 75.5 Å². The van der Waals surface area contributed by atoms with Crippen LogP contribution in [0.15, 0.2) is 59.1 Å². The lowest BCUT2D eigenvalue weighted by molar-refractivity contribution is 0.621. The van der Waals surface area contributed by atoms with E-state index in [1.54, 1.807) is 27.7 Å². The minimum atomic E-state index is -0.162. The van der Waals surface area contributed by atoms with E-state index in [2.05, 4.69) is 26.7 Å². The second-order valence-electron chi connectivity index (χ2n) is 7.14. The van der Waals surface area contributed by atoms with E-state index in [9.17, 15) is 4.79 Å². The molecule has 0 aliphatic heterocycles. The van der Waals surface area contributed by atoms with Gasteiger partial charge < -0.3 is 4.57 Å². The number of nitriles is 1. The van der Waals surface area contributed by atoms with Crippen molar-refractivity contribution >= 4 is 44.9 Å². The Bertz CT molecular complexity index is 1490. The van der Waals surface area contributed by atoms with Crippen LogP contribution in [-0.4, -0.2) is 23.7 Å². The fraction of sp³-hybridized carbons (Fsp3) is 0.182. The molecule has 0 N–H and O–H groups in total. The molecule has 9 heteroatoms. The van der Waals surface area contributed by atoms with Crippen molar-refractivity contribution < 1.29 is 0 Å². The van der Waals surface area contributed by atoms with Crippen LogP contribution in [0.25, 0.3) is 27.1 Å². The Labute approximate surface area is 186 Å². The van der Waals surface area contributed by atoms with Gasteiger partial charge in [0.25, 0.3) is 0 Å². The zero-order chi connectivity index (χ0) is 21.4. The minimum absolute atomic E-state index is 0.162. The normalized spacial score (nSPS) is 11.4. The van der Waals surface area contributed by atoms with Crippen molar-refractivity contribution in [2.75, 3.05) is 0 Å². The predicted molar refractivity (Wildman–Crippen MR) is 122 cm³/mol. The number of nitrogens with zero attached hydrogens (tertiary/aromatic N) is 6. The van der Waals surface area contributed by atoms with Crippen LogP contribution >= 0.6 is 22.9 Å². The Hall–Kier alpha value is -3.41. The van der Waals surface area contributed by atoms with Gasteiger partial charge in [-0.25, -0.2) is 14.3 Å². The lowest BCUT2D eigenvalue weighted by Crippen LogP contribution is -2.24. The van der Waals surface area contributed by atoms with E-state index in [4.69, 9.17) is 16.9 Å². The van der Waals surface area contributed by atoms with E-state index < -0.39 is 0 Å². The van der Waals surface area contributed by atoms with Crippen molar-refractivity contribution in [1.82, 2.24) is 23.7 Å². The van der Waals surface area contributed by atoms with Gasteiger partial charge in [0.1, 0.15) is 0 Å². The largest absolute Gasteiger partial charge is 0.343 e. The fourth-order valence-corrected chi connectivity index (χ4v) is 4.77. The van der Waals surface area contributed by atoms with Gasteiger partial charge in [-0.15, -0.1) is 11.3 Å². The molecule has 0 aliphatic rings. The average Bonchev–Trinajstić information content (AvgIpc) is 3.46. The third kappa shape index (κ3) is 3.42. The first-order chi connectivity index (χ1) is 15.2. The smallest absolute Gasteiger partial charge is 0.335 e.